The predicted octanol–water partition coefficient (Wildman–Crippen LogP) is 2.16. The van der Waals surface area contributed by atoms with Crippen LogP contribution in [0.4, 0.5) is 11.6 Å². The van der Waals surface area contributed by atoms with E-state index in [1.807, 2.05) is 38.1 Å². The minimum absolute atomic E-state index is 0.0355. The zero-order chi connectivity index (χ0) is 19.9. The van der Waals surface area contributed by atoms with Gasteiger partial charge in [0.1, 0.15) is 0 Å². The minimum atomic E-state index is 0.0355. The van der Waals surface area contributed by atoms with Gasteiger partial charge in [-0.05, 0) is 37.1 Å². The fourth-order valence-corrected chi connectivity index (χ4v) is 3.41. The molecule has 0 radical (unpaired) electrons. The van der Waals surface area contributed by atoms with E-state index in [0.29, 0.717) is 19.5 Å². The van der Waals surface area contributed by atoms with Gasteiger partial charge >= 0.3 is 0 Å². The summed E-state index contributed by atoms with van der Waals surface area (Å²) < 4.78 is 0. The van der Waals surface area contributed by atoms with Crippen molar-refractivity contribution in [3.63, 3.8) is 0 Å². The summed E-state index contributed by atoms with van der Waals surface area (Å²) >= 11 is 0. The number of hydrogen-bond acceptors (Lipinski definition) is 6. The lowest BCUT2D eigenvalue weighted by molar-refractivity contribution is -0.119. The van der Waals surface area contributed by atoms with Crippen molar-refractivity contribution < 1.29 is 4.79 Å². The summed E-state index contributed by atoms with van der Waals surface area (Å²) in [6, 6.07) is 9.92. The number of amides is 1. The van der Waals surface area contributed by atoms with Crippen LogP contribution in [0.2, 0.25) is 0 Å². The molecule has 1 aliphatic heterocycles. The number of rotatable bonds is 6. The number of carbonyl (C=O) groups is 1. The molecule has 1 aromatic carbocycles. The van der Waals surface area contributed by atoms with Gasteiger partial charge in [-0.3, -0.25) is 9.69 Å². The third-order valence-corrected chi connectivity index (χ3v) is 5.18. The van der Waals surface area contributed by atoms with E-state index in [-0.39, 0.29) is 5.91 Å². The fourth-order valence-electron chi connectivity index (χ4n) is 3.41. The number of anilines is 2. The van der Waals surface area contributed by atoms with Gasteiger partial charge in [0.05, 0.1) is 19.0 Å². The largest absolute Gasteiger partial charge is 0.338 e. The van der Waals surface area contributed by atoms with Crippen LogP contribution in [-0.2, 0) is 4.79 Å². The maximum Gasteiger partial charge on any atom is 0.241 e. The summed E-state index contributed by atoms with van der Waals surface area (Å²) in [5, 5.41) is 9.01. The number of nitriles is 1. The molecule has 0 N–H and O–H groups in total. The average molecular weight is 378 g/mol. The first-order valence-electron chi connectivity index (χ1n) is 9.58. The summed E-state index contributed by atoms with van der Waals surface area (Å²) in [7, 11) is 0. The van der Waals surface area contributed by atoms with Crippen LogP contribution < -0.4 is 9.80 Å². The highest BCUT2D eigenvalue weighted by Gasteiger charge is 2.24. The molecule has 2 aromatic rings. The van der Waals surface area contributed by atoms with Crippen LogP contribution >= 0.6 is 0 Å². The van der Waals surface area contributed by atoms with Gasteiger partial charge in [-0.25, -0.2) is 9.97 Å². The molecule has 0 bridgehead atoms. The Bertz CT molecular complexity index is 840. The molecule has 1 amide bonds. The number of hydrogen-bond donors (Lipinski definition) is 0. The SMILES string of the molecule is Cc1cccc(N(CCC#N)C(=O)CN2CCN(c3ncccn3)CC2)c1C. The highest BCUT2D eigenvalue weighted by molar-refractivity contribution is 5.95. The van der Waals surface area contributed by atoms with Crippen molar-refractivity contribution in [3.8, 4) is 6.07 Å². The Morgan fingerprint density at radius 2 is 1.86 bits per heavy atom. The smallest absolute Gasteiger partial charge is 0.241 e. The Morgan fingerprint density at radius 1 is 1.14 bits per heavy atom. The molecule has 0 atom stereocenters. The molecular weight excluding hydrogens is 352 g/mol. The number of carbonyl (C=O) groups excluding carboxylic acids is 1. The standard InChI is InChI=1S/C21H26N6O/c1-17-6-3-7-19(18(17)2)27(11-4-8-22)20(28)16-25-12-14-26(15-13-25)21-23-9-5-10-24-21/h3,5-7,9-10H,4,11-16H2,1-2H3. The summed E-state index contributed by atoms with van der Waals surface area (Å²) in [4.78, 5) is 27.7. The van der Waals surface area contributed by atoms with E-state index in [0.717, 1.165) is 48.9 Å². The molecule has 0 saturated carbocycles. The molecule has 1 saturated heterocycles. The normalized spacial score (nSPS) is 14.5. The molecule has 0 unspecified atom stereocenters. The van der Waals surface area contributed by atoms with Crippen molar-refractivity contribution in [2.75, 3.05) is 49.1 Å². The van der Waals surface area contributed by atoms with E-state index >= 15 is 0 Å². The molecule has 28 heavy (non-hydrogen) atoms. The molecule has 146 valence electrons. The number of benzene rings is 1. The Labute approximate surface area is 166 Å². The van der Waals surface area contributed by atoms with Gasteiger partial charge in [0, 0.05) is 50.8 Å². The van der Waals surface area contributed by atoms with E-state index in [2.05, 4.69) is 25.8 Å². The molecule has 3 rings (SSSR count). The zero-order valence-electron chi connectivity index (χ0n) is 16.5. The van der Waals surface area contributed by atoms with Crippen molar-refractivity contribution in [1.82, 2.24) is 14.9 Å². The van der Waals surface area contributed by atoms with E-state index < -0.39 is 0 Å². The zero-order valence-corrected chi connectivity index (χ0v) is 16.5. The van der Waals surface area contributed by atoms with E-state index in [4.69, 9.17) is 5.26 Å². The summed E-state index contributed by atoms with van der Waals surface area (Å²) in [6.07, 6.45) is 3.81. The molecule has 0 spiro atoms. The van der Waals surface area contributed by atoms with Gasteiger partial charge in [-0.1, -0.05) is 12.1 Å². The van der Waals surface area contributed by atoms with Crippen LogP contribution in [0, 0.1) is 25.2 Å². The summed E-state index contributed by atoms with van der Waals surface area (Å²) in [5.74, 6) is 0.771. The lowest BCUT2D eigenvalue weighted by Crippen LogP contribution is -2.50. The second kappa shape index (κ2) is 9.29. The van der Waals surface area contributed by atoms with Crippen LogP contribution in [0.15, 0.2) is 36.7 Å². The van der Waals surface area contributed by atoms with Crippen LogP contribution in [-0.4, -0.2) is 60.0 Å². The molecule has 7 heteroatoms. The average Bonchev–Trinajstić information content (AvgIpc) is 2.72. The quantitative estimate of drug-likeness (QED) is 0.767. The Morgan fingerprint density at radius 3 is 2.54 bits per heavy atom. The van der Waals surface area contributed by atoms with Gasteiger partial charge in [-0.2, -0.15) is 5.26 Å². The van der Waals surface area contributed by atoms with Gasteiger partial charge < -0.3 is 9.80 Å². The van der Waals surface area contributed by atoms with E-state index in [9.17, 15) is 4.79 Å². The van der Waals surface area contributed by atoms with Crippen LogP contribution in [0.25, 0.3) is 0 Å². The van der Waals surface area contributed by atoms with E-state index in [1.165, 1.54) is 0 Å². The van der Waals surface area contributed by atoms with E-state index in [1.54, 1.807) is 17.3 Å². The maximum atomic E-state index is 13.1. The lowest BCUT2D eigenvalue weighted by Gasteiger charge is -2.35. The summed E-state index contributed by atoms with van der Waals surface area (Å²) in [5.41, 5.74) is 3.13. The first kappa shape index (κ1) is 19.8. The lowest BCUT2D eigenvalue weighted by atomic mass is 10.1. The van der Waals surface area contributed by atoms with Gasteiger partial charge in [0.15, 0.2) is 0 Å². The molecule has 7 nitrogen and oxygen atoms in total. The molecule has 1 aliphatic rings. The Kier molecular flexibility index (Phi) is 6.56. The number of aromatic nitrogens is 2. The highest BCUT2D eigenvalue weighted by Crippen LogP contribution is 2.23. The maximum absolute atomic E-state index is 13.1. The van der Waals surface area contributed by atoms with Crippen molar-refractivity contribution in [3.05, 3.63) is 47.8 Å². The second-order valence-electron chi connectivity index (χ2n) is 6.98. The predicted molar refractivity (Wildman–Crippen MR) is 109 cm³/mol. The third-order valence-electron chi connectivity index (χ3n) is 5.18. The molecular formula is C21H26N6O. The van der Waals surface area contributed by atoms with Crippen molar-refractivity contribution in [2.24, 2.45) is 0 Å². The monoisotopic (exact) mass is 378 g/mol. The first-order chi connectivity index (χ1) is 13.6. The highest BCUT2D eigenvalue weighted by atomic mass is 16.2. The van der Waals surface area contributed by atoms with Crippen molar-refractivity contribution in [2.45, 2.75) is 20.3 Å². The van der Waals surface area contributed by atoms with Crippen LogP contribution in [0.1, 0.15) is 17.5 Å². The first-order valence-corrected chi connectivity index (χ1v) is 9.58. The number of nitrogens with zero attached hydrogens (tertiary/aromatic N) is 6. The number of aryl methyl sites for hydroxylation is 1. The van der Waals surface area contributed by atoms with Crippen molar-refractivity contribution >= 4 is 17.5 Å². The Hall–Kier alpha value is -2.98. The van der Waals surface area contributed by atoms with Gasteiger partial charge in [0.2, 0.25) is 11.9 Å². The van der Waals surface area contributed by atoms with Gasteiger partial charge in [-0.15, -0.1) is 0 Å². The second-order valence-corrected chi connectivity index (χ2v) is 6.98. The van der Waals surface area contributed by atoms with Crippen molar-refractivity contribution in [1.29, 1.82) is 5.26 Å². The molecule has 0 aliphatic carbocycles. The summed E-state index contributed by atoms with van der Waals surface area (Å²) in [6.45, 7) is 7.97. The number of piperazine rings is 1. The Balaban J connectivity index is 1.64. The third kappa shape index (κ3) is 4.65. The molecule has 2 heterocycles. The molecule has 1 fully saturated rings. The molecule has 1 aromatic heterocycles. The van der Waals surface area contributed by atoms with Crippen LogP contribution in [0.3, 0.4) is 0 Å². The fraction of sp³-hybridized carbons (Fsp3) is 0.429. The topological polar surface area (TPSA) is 76.4 Å². The minimum Gasteiger partial charge on any atom is -0.338 e. The van der Waals surface area contributed by atoms with Crippen LogP contribution in [0.5, 0.6) is 0 Å². The van der Waals surface area contributed by atoms with Gasteiger partial charge in [0.25, 0.3) is 0 Å².